The summed E-state index contributed by atoms with van der Waals surface area (Å²) >= 11 is 1.39. The van der Waals surface area contributed by atoms with E-state index in [0.29, 0.717) is 5.00 Å². The minimum absolute atomic E-state index is 0.125. The van der Waals surface area contributed by atoms with Gasteiger partial charge in [-0.2, -0.15) is 0 Å². The summed E-state index contributed by atoms with van der Waals surface area (Å²) in [6, 6.07) is 3.16. The third-order valence-electron chi connectivity index (χ3n) is 2.03. The average Bonchev–Trinajstić information content (AvgIpc) is 2.76. The Morgan fingerprint density at radius 1 is 1.47 bits per heavy atom. The van der Waals surface area contributed by atoms with Crippen LogP contribution in [-0.4, -0.2) is 35.4 Å². The zero-order valence-electron chi connectivity index (χ0n) is 9.05. The van der Waals surface area contributed by atoms with E-state index in [1.54, 1.807) is 12.1 Å². The number of carboxylic acid groups (broad SMARTS) is 1. The lowest BCUT2D eigenvalue weighted by Gasteiger charge is -2.12. The van der Waals surface area contributed by atoms with E-state index in [9.17, 15) is 9.59 Å². The Morgan fingerprint density at radius 3 is 2.76 bits per heavy atom. The van der Waals surface area contributed by atoms with Gasteiger partial charge in [-0.05, 0) is 17.5 Å². The van der Waals surface area contributed by atoms with Crippen LogP contribution in [0.4, 0.5) is 9.80 Å². The molecule has 7 heteroatoms. The molecule has 6 nitrogen and oxygen atoms in total. The second kappa shape index (κ2) is 6.87. The van der Waals surface area contributed by atoms with Crippen LogP contribution in [0.25, 0.3) is 0 Å². The summed E-state index contributed by atoms with van der Waals surface area (Å²) < 4.78 is 0. The molecule has 4 N–H and O–H groups in total. The van der Waals surface area contributed by atoms with Crippen molar-refractivity contribution in [1.82, 2.24) is 5.32 Å². The molecule has 2 amide bonds. The van der Waals surface area contributed by atoms with E-state index >= 15 is 0 Å². The molecular formula is C10H14N2O4S. The molecule has 1 unspecified atom stereocenters. The molecule has 0 aliphatic heterocycles. The zero-order chi connectivity index (χ0) is 12.7. The first kappa shape index (κ1) is 13.5. The fourth-order valence-corrected chi connectivity index (χ4v) is 1.80. The van der Waals surface area contributed by atoms with Gasteiger partial charge in [0, 0.05) is 19.1 Å². The summed E-state index contributed by atoms with van der Waals surface area (Å²) in [4.78, 5) is 21.8. The summed E-state index contributed by atoms with van der Waals surface area (Å²) in [6.45, 7) is -0.147. The number of rotatable bonds is 6. The van der Waals surface area contributed by atoms with Crippen LogP contribution in [-0.2, 0) is 4.79 Å². The van der Waals surface area contributed by atoms with Crippen LogP contribution < -0.4 is 10.6 Å². The van der Waals surface area contributed by atoms with Crippen LogP contribution in [0.15, 0.2) is 17.5 Å². The molecule has 0 radical (unpaired) electrons. The molecule has 17 heavy (non-hydrogen) atoms. The van der Waals surface area contributed by atoms with E-state index in [1.165, 1.54) is 11.3 Å². The Bertz CT molecular complexity index is 366. The van der Waals surface area contributed by atoms with Gasteiger partial charge in [-0.1, -0.05) is 0 Å². The van der Waals surface area contributed by atoms with E-state index in [0.717, 1.165) is 0 Å². The topological polar surface area (TPSA) is 98.7 Å². The molecule has 0 aliphatic carbocycles. The molecule has 0 fully saturated rings. The van der Waals surface area contributed by atoms with E-state index in [2.05, 4.69) is 10.6 Å². The van der Waals surface area contributed by atoms with Gasteiger partial charge in [0.25, 0.3) is 0 Å². The predicted molar refractivity (Wildman–Crippen MR) is 64.2 cm³/mol. The van der Waals surface area contributed by atoms with Gasteiger partial charge in [-0.25, -0.2) is 4.79 Å². The van der Waals surface area contributed by atoms with Gasteiger partial charge >= 0.3 is 12.0 Å². The van der Waals surface area contributed by atoms with Crippen LogP contribution in [0, 0.1) is 5.92 Å². The molecule has 0 aliphatic rings. The van der Waals surface area contributed by atoms with Crippen LogP contribution in [0.5, 0.6) is 0 Å². The van der Waals surface area contributed by atoms with Gasteiger partial charge in [0.15, 0.2) is 0 Å². The van der Waals surface area contributed by atoms with Crippen molar-refractivity contribution >= 4 is 28.3 Å². The van der Waals surface area contributed by atoms with Crippen molar-refractivity contribution in [3.8, 4) is 0 Å². The van der Waals surface area contributed by atoms with E-state index < -0.39 is 17.9 Å². The summed E-state index contributed by atoms with van der Waals surface area (Å²) in [6.07, 6.45) is -0.171. The lowest BCUT2D eigenvalue weighted by molar-refractivity contribution is -0.138. The Labute approximate surface area is 102 Å². The molecule has 1 rings (SSSR count). The first-order valence-electron chi connectivity index (χ1n) is 5.03. The number of urea groups is 1. The number of carboxylic acids is 1. The number of anilines is 1. The third kappa shape index (κ3) is 5.32. The van der Waals surface area contributed by atoms with Gasteiger partial charge in [-0.15, -0.1) is 11.3 Å². The highest BCUT2D eigenvalue weighted by Gasteiger charge is 2.13. The van der Waals surface area contributed by atoms with Crippen LogP contribution in [0.3, 0.4) is 0 Å². The molecule has 1 atom stereocenters. The summed E-state index contributed by atoms with van der Waals surface area (Å²) in [5.41, 5.74) is 0. The Balaban J connectivity index is 2.29. The van der Waals surface area contributed by atoms with Crippen molar-refractivity contribution < 1.29 is 19.8 Å². The number of aliphatic hydroxyl groups excluding tert-OH is 1. The second-order valence-corrected chi connectivity index (χ2v) is 4.41. The maximum atomic E-state index is 11.4. The number of thiophene rings is 1. The first-order valence-corrected chi connectivity index (χ1v) is 5.90. The van der Waals surface area contributed by atoms with Crippen molar-refractivity contribution in [1.29, 1.82) is 0 Å². The Hall–Kier alpha value is -1.60. The summed E-state index contributed by atoms with van der Waals surface area (Å²) in [7, 11) is 0. The van der Waals surface area contributed by atoms with E-state index in [1.807, 2.05) is 5.38 Å². The van der Waals surface area contributed by atoms with Crippen molar-refractivity contribution in [2.24, 2.45) is 5.92 Å². The summed E-state index contributed by atoms with van der Waals surface area (Å²) in [5, 5.41) is 25.1. The van der Waals surface area contributed by atoms with E-state index in [4.69, 9.17) is 10.2 Å². The lowest BCUT2D eigenvalue weighted by atomic mass is 10.1. The maximum absolute atomic E-state index is 11.4. The molecule has 0 saturated heterocycles. The number of aliphatic hydroxyl groups is 1. The fourth-order valence-electron chi connectivity index (χ4n) is 1.19. The highest BCUT2D eigenvalue weighted by atomic mass is 32.1. The molecule has 0 bridgehead atoms. The molecule has 1 aromatic rings. The van der Waals surface area contributed by atoms with Crippen molar-refractivity contribution in [2.45, 2.75) is 6.42 Å². The normalized spacial score (nSPS) is 11.8. The monoisotopic (exact) mass is 258 g/mol. The van der Waals surface area contributed by atoms with Gasteiger partial charge in [0.05, 0.1) is 11.4 Å². The van der Waals surface area contributed by atoms with E-state index in [-0.39, 0.29) is 19.6 Å². The number of nitrogens with one attached hydrogen (secondary N) is 2. The average molecular weight is 258 g/mol. The largest absolute Gasteiger partial charge is 0.481 e. The van der Waals surface area contributed by atoms with Crippen LogP contribution in [0.2, 0.25) is 0 Å². The lowest BCUT2D eigenvalue weighted by Crippen LogP contribution is -2.34. The van der Waals surface area contributed by atoms with Crippen molar-refractivity contribution in [3.63, 3.8) is 0 Å². The van der Waals surface area contributed by atoms with Crippen molar-refractivity contribution in [2.75, 3.05) is 18.5 Å². The number of aliphatic carboxylic acids is 1. The third-order valence-corrected chi connectivity index (χ3v) is 2.82. The molecular weight excluding hydrogens is 244 g/mol. The second-order valence-electron chi connectivity index (χ2n) is 3.46. The van der Waals surface area contributed by atoms with Crippen LogP contribution >= 0.6 is 11.3 Å². The molecule has 0 saturated carbocycles. The van der Waals surface area contributed by atoms with Gasteiger partial charge in [0.1, 0.15) is 0 Å². The van der Waals surface area contributed by atoms with Gasteiger partial charge in [-0.3, -0.25) is 10.1 Å². The summed E-state index contributed by atoms with van der Waals surface area (Å²) in [5.74, 6) is -1.47. The quantitative estimate of drug-likeness (QED) is 0.610. The molecule has 94 valence electrons. The zero-order valence-corrected chi connectivity index (χ0v) is 9.87. The SMILES string of the molecule is O=C(O)CC(CO)CNC(=O)Nc1cccs1. The minimum Gasteiger partial charge on any atom is -0.481 e. The van der Waals surface area contributed by atoms with Crippen molar-refractivity contribution in [3.05, 3.63) is 17.5 Å². The fraction of sp³-hybridized carbons (Fsp3) is 0.400. The highest BCUT2D eigenvalue weighted by Crippen LogP contribution is 2.14. The standard InChI is InChI=1S/C10H14N2O4S/c13-6-7(4-9(14)15)5-11-10(16)12-8-2-1-3-17-8/h1-3,7,13H,4-6H2,(H,14,15)(H2,11,12,16). The smallest absolute Gasteiger partial charge is 0.319 e. The van der Waals surface area contributed by atoms with Crippen LogP contribution in [0.1, 0.15) is 6.42 Å². The van der Waals surface area contributed by atoms with Gasteiger partial charge < -0.3 is 15.5 Å². The number of hydrogen-bond donors (Lipinski definition) is 4. The predicted octanol–water partition coefficient (Wildman–Crippen LogP) is 0.953. The first-order chi connectivity index (χ1) is 8.11. The van der Waals surface area contributed by atoms with Gasteiger partial charge in [0.2, 0.25) is 0 Å². The highest BCUT2D eigenvalue weighted by molar-refractivity contribution is 7.14. The minimum atomic E-state index is -0.996. The number of hydrogen-bond acceptors (Lipinski definition) is 4. The number of amides is 2. The number of carbonyl (C=O) groups excluding carboxylic acids is 1. The maximum Gasteiger partial charge on any atom is 0.319 e. The Kier molecular flexibility index (Phi) is 5.44. The molecule has 0 spiro atoms. The molecule has 0 aromatic carbocycles. The molecule has 1 aromatic heterocycles. The number of carbonyl (C=O) groups is 2. The molecule has 1 heterocycles. The Morgan fingerprint density at radius 2 is 2.24 bits per heavy atom.